The lowest BCUT2D eigenvalue weighted by Crippen LogP contribution is -2.17. The molecular formula is C10H18N2OS. The Balaban J connectivity index is 2.60. The van der Waals surface area contributed by atoms with Gasteiger partial charge in [0.1, 0.15) is 5.60 Å². The van der Waals surface area contributed by atoms with Crippen molar-refractivity contribution in [2.75, 3.05) is 20.6 Å². The molecule has 0 fully saturated rings. The summed E-state index contributed by atoms with van der Waals surface area (Å²) in [6, 6.07) is 0. The molecule has 0 saturated carbocycles. The van der Waals surface area contributed by atoms with Crippen molar-refractivity contribution in [2.24, 2.45) is 0 Å². The van der Waals surface area contributed by atoms with Crippen molar-refractivity contribution in [1.29, 1.82) is 0 Å². The van der Waals surface area contributed by atoms with E-state index in [2.05, 4.69) is 9.88 Å². The fourth-order valence-electron chi connectivity index (χ4n) is 1.03. The maximum absolute atomic E-state index is 9.71. The molecule has 3 nitrogen and oxygen atoms in total. The van der Waals surface area contributed by atoms with Crippen LogP contribution in [0.1, 0.15) is 24.5 Å². The molecule has 1 heterocycles. The quantitative estimate of drug-likeness (QED) is 0.824. The first-order valence-corrected chi connectivity index (χ1v) is 5.59. The lowest BCUT2D eigenvalue weighted by atomic mass is 10.1. The fraction of sp³-hybridized carbons (Fsp3) is 0.700. The molecule has 0 amide bonds. The number of hydrogen-bond acceptors (Lipinski definition) is 4. The van der Waals surface area contributed by atoms with E-state index in [1.807, 2.05) is 19.5 Å². The summed E-state index contributed by atoms with van der Waals surface area (Å²) in [5.74, 6) is 0. The largest absolute Gasteiger partial charge is 0.384 e. The van der Waals surface area contributed by atoms with Crippen molar-refractivity contribution < 1.29 is 5.11 Å². The Morgan fingerprint density at radius 2 is 2.14 bits per heavy atom. The summed E-state index contributed by atoms with van der Waals surface area (Å²) in [5, 5.41) is 12.7. The zero-order chi connectivity index (χ0) is 10.8. The molecule has 0 unspecified atom stereocenters. The molecule has 1 aromatic rings. The molecule has 0 spiro atoms. The molecule has 0 aliphatic carbocycles. The SMILES string of the molecule is CN(C)CCc1nc(C(C)(C)O)cs1. The highest BCUT2D eigenvalue weighted by molar-refractivity contribution is 7.09. The maximum atomic E-state index is 9.71. The molecule has 0 bridgehead atoms. The molecule has 14 heavy (non-hydrogen) atoms. The van der Waals surface area contributed by atoms with Gasteiger partial charge in [0, 0.05) is 18.3 Å². The zero-order valence-corrected chi connectivity index (χ0v) is 10.1. The van der Waals surface area contributed by atoms with Crippen LogP contribution in [-0.4, -0.2) is 35.6 Å². The smallest absolute Gasteiger partial charge is 0.102 e. The van der Waals surface area contributed by atoms with Crippen molar-refractivity contribution in [2.45, 2.75) is 25.9 Å². The lowest BCUT2D eigenvalue weighted by molar-refractivity contribution is 0.0743. The van der Waals surface area contributed by atoms with E-state index < -0.39 is 5.60 Å². The summed E-state index contributed by atoms with van der Waals surface area (Å²) in [4.78, 5) is 6.53. The average Bonchev–Trinajstić information content (AvgIpc) is 2.47. The van der Waals surface area contributed by atoms with Crippen LogP contribution in [0, 0.1) is 0 Å². The van der Waals surface area contributed by atoms with Crippen molar-refractivity contribution in [3.63, 3.8) is 0 Å². The Labute approximate surface area is 89.4 Å². The van der Waals surface area contributed by atoms with Crippen LogP contribution < -0.4 is 0 Å². The van der Waals surface area contributed by atoms with Crippen LogP contribution in [0.3, 0.4) is 0 Å². The normalized spacial score (nSPS) is 12.4. The number of aromatic nitrogens is 1. The molecule has 1 N–H and O–H groups in total. The van der Waals surface area contributed by atoms with E-state index in [-0.39, 0.29) is 0 Å². The molecule has 0 aliphatic heterocycles. The van der Waals surface area contributed by atoms with Crippen LogP contribution in [0.4, 0.5) is 0 Å². The number of likely N-dealkylation sites (N-methyl/N-ethyl adjacent to an activating group) is 1. The highest BCUT2D eigenvalue weighted by atomic mass is 32.1. The van der Waals surface area contributed by atoms with Crippen molar-refractivity contribution in [3.8, 4) is 0 Å². The minimum Gasteiger partial charge on any atom is -0.384 e. The summed E-state index contributed by atoms with van der Waals surface area (Å²) in [5.41, 5.74) is -0.0383. The molecule has 0 saturated heterocycles. The molecule has 1 rings (SSSR count). The van der Waals surface area contributed by atoms with Gasteiger partial charge < -0.3 is 10.0 Å². The van der Waals surface area contributed by atoms with Gasteiger partial charge in [0.25, 0.3) is 0 Å². The Morgan fingerprint density at radius 3 is 2.57 bits per heavy atom. The molecule has 0 aromatic carbocycles. The molecule has 0 radical (unpaired) electrons. The fourth-order valence-corrected chi connectivity index (χ4v) is 1.97. The van der Waals surface area contributed by atoms with Crippen LogP contribution in [0.5, 0.6) is 0 Å². The van der Waals surface area contributed by atoms with Gasteiger partial charge in [0.05, 0.1) is 10.7 Å². The first-order valence-electron chi connectivity index (χ1n) is 4.71. The van der Waals surface area contributed by atoms with Gasteiger partial charge in [0.15, 0.2) is 0 Å². The van der Waals surface area contributed by atoms with Gasteiger partial charge in [-0.25, -0.2) is 4.98 Å². The zero-order valence-electron chi connectivity index (χ0n) is 9.24. The third-order valence-corrected chi connectivity index (χ3v) is 2.86. The summed E-state index contributed by atoms with van der Waals surface area (Å²) >= 11 is 1.62. The number of nitrogens with zero attached hydrogens (tertiary/aromatic N) is 2. The first kappa shape index (κ1) is 11.6. The summed E-state index contributed by atoms with van der Waals surface area (Å²) < 4.78 is 0. The predicted octanol–water partition coefficient (Wildman–Crippen LogP) is 1.47. The summed E-state index contributed by atoms with van der Waals surface area (Å²) in [7, 11) is 4.09. The second kappa shape index (κ2) is 4.38. The van der Waals surface area contributed by atoms with Gasteiger partial charge in [-0.15, -0.1) is 11.3 Å². The Bertz CT molecular complexity index is 289. The number of rotatable bonds is 4. The second-order valence-corrected chi connectivity index (χ2v) is 5.18. The monoisotopic (exact) mass is 214 g/mol. The van der Waals surface area contributed by atoms with E-state index in [0.29, 0.717) is 0 Å². The maximum Gasteiger partial charge on any atom is 0.102 e. The number of thiazole rings is 1. The second-order valence-electron chi connectivity index (χ2n) is 4.24. The molecular weight excluding hydrogens is 196 g/mol. The van der Waals surface area contributed by atoms with Gasteiger partial charge in [-0.3, -0.25) is 0 Å². The van der Waals surface area contributed by atoms with Gasteiger partial charge in [-0.05, 0) is 27.9 Å². The molecule has 0 aliphatic rings. The topological polar surface area (TPSA) is 36.4 Å². The summed E-state index contributed by atoms with van der Waals surface area (Å²) in [6.45, 7) is 4.52. The van der Waals surface area contributed by atoms with Crippen molar-refractivity contribution in [3.05, 3.63) is 16.1 Å². The van der Waals surface area contributed by atoms with E-state index in [4.69, 9.17) is 0 Å². The van der Waals surface area contributed by atoms with Crippen LogP contribution in [0.15, 0.2) is 5.38 Å². The van der Waals surface area contributed by atoms with Gasteiger partial charge >= 0.3 is 0 Å². The Morgan fingerprint density at radius 1 is 1.50 bits per heavy atom. The Kier molecular flexibility index (Phi) is 3.64. The number of hydrogen-bond donors (Lipinski definition) is 1. The molecule has 0 atom stereocenters. The highest BCUT2D eigenvalue weighted by Crippen LogP contribution is 2.21. The number of aliphatic hydroxyl groups is 1. The van der Waals surface area contributed by atoms with Crippen LogP contribution in [-0.2, 0) is 12.0 Å². The van der Waals surface area contributed by atoms with E-state index in [1.54, 1.807) is 25.2 Å². The average molecular weight is 214 g/mol. The van der Waals surface area contributed by atoms with Crippen molar-refractivity contribution in [1.82, 2.24) is 9.88 Å². The molecule has 80 valence electrons. The van der Waals surface area contributed by atoms with E-state index in [1.165, 1.54) is 0 Å². The summed E-state index contributed by atoms with van der Waals surface area (Å²) in [6.07, 6.45) is 0.952. The van der Waals surface area contributed by atoms with E-state index in [0.717, 1.165) is 23.7 Å². The minimum atomic E-state index is -0.813. The standard InChI is InChI=1S/C10H18N2OS/c1-10(2,13)8-7-14-9(11-8)5-6-12(3)4/h7,13H,5-6H2,1-4H3. The first-order chi connectivity index (χ1) is 6.39. The van der Waals surface area contributed by atoms with E-state index in [9.17, 15) is 5.11 Å². The molecule has 1 aromatic heterocycles. The van der Waals surface area contributed by atoms with Crippen LogP contribution in [0.2, 0.25) is 0 Å². The minimum absolute atomic E-state index is 0.774. The van der Waals surface area contributed by atoms with Gasteiger partial charge in [0.2, 0.25) is 0 Å². The predicted molar refractivity (Wildman–Crippen MR) is 59.6 cm³/mol. The van der Waals surface area contributed by atoms with Crippen LogP contribution in [0.25, 0.3) is 0 Å². The Hall–Kier alpha value is -0.450. The molecule has 4 heteroatoms. The van der Waals surface area contributed by atoms with Gasteiger partial charge in [-0.2, -0.15) is 0 Å². The van der Waals surface area contributed by atoms with Crippen molar-refractivity contribution >= 4 is 11.3 Å². The third kappa shape index (κ3) is 3.36. The van der Waals surface area contributed by atoms with Crippen LogP contribution >= 0.6 is 11.3 Å². The third-order valence-electron chi connectivity index (χ3n) is 1.95. The lowest BCUT2D eigenvalue weighted by Gasteiger charge is -2.13. The van der Waals surface area contributed by atoms with Gasteiger partial charge in [-0.1, -0.05) is 0 Å². The van der Waals surface area contributed by atoms with E-state index >= 15 is 0 Å². The highest BCUT2D eigenvalue weighted by Gasteiger charge is 2.19.